The Kier molecular flexibility index (Phi) is 2.96. The Morgan fingerprint density at radius 1 is 1.57 bits per heavy atom. The quantitative estimate of drug-likeness (QED) is 0.481. The Hall–Kier alpha value is -0.0800. The summed E-state index contributed by atoms with van der Waals surface area (Å²) in [7, 11) is 0. The van der Waals surface area contributed by atoms with Crippen LogP contribution in [0.1, 0.15) is 20.8 Å². The van der Waals surface area contributed by atoms with E-state index in [4.69, 9.17) is 0 Å². The Morgan fingerprint density at radius 3 is 2.00 bits per heavy atom. The second kappa shape index (κ2) is 2.99. The van der Waals surface area contributed by atoms with Crippen LogP contribution in [0.3, 0.4) is 0 Å². The van der Waals surface area contributed by atoms with Gasteiger partial charge < -0.3 is 10.3 Å². The molecular formula is C5H13NO. The minimum absolute atomic E-state index is 0.227. The topological polar surface area (TPSA) is 27.5 Å². The molecule has 0 spiro atoms. The molecule has 0 heterocycles. The van der Waals surface area contributed by atoms with Crippen LogP contribution in [0.15, 0.2) is 0 Å². The van der Waals surface area contributed by atoms with Crippen LogP contribution in [-0.2, 0) is 0 Å². The number of hydrogen-bond donors (Lipinski definition) is 1. The second-order valence-corrected chi connectivity index (χ2v) is 1.97. The highest BCUT2D eigenvalue weighted by atomic mass is 16.5. The molecular weight excluding hydrogens is 90.1 g/mol. The van der Waals surface area contributed by atoms with Gasteiger partial charge in [0.15, 0.2) is 0 Å². The molecule has 0 aliphatic rings. The largest absolute Gasteiger partial charge is 0.634 e. The van der Waals surface area contributed by atoms with Gasteiger partial charge in [0, 0.05) is 0 Å². The highest BCUT2D eigenvalue weighted by Crippen LogP contribution is 1.63. The van der Waals surface area contributed by atoms with Gasteiger partial charge in [0.1, 0.15) is 0 Å². The SMILES string of the molecule is CC[NH+]([O-])C(C)C. The van der Waals surface area contributed by atoms with Crippen molar-refractivity contribution < 1.29 is 5.06 Å². The van der Waals surface area contributed by atoms with E-state index in [0.29, 0.717) is 11.6 Å². The maximum atomic E-state index is 10.5. The van der Waals surface area contributed by atoms with E-state index >= 15 is 0 Å². The molecule has 2 nitrogen and oxygen atoms in total. The van der Waals surface area contributed by atoms with Crippen LogP contribution in [0.4, 0.5) is 0 Å². The van der Waals surface area contributed by atoms with Crippen LogP contribution in [0.2, 0.25) is 0 Å². The predicted molar refractivity (Wildman–Crippen MR) is 30.0 cm³/mol. The summed E-state index contributed by atoms with van der Waals surface area (Å²) in [5.74, 6) is 0. The lowest BCUT2D eigenvalue weighted by atomic mass is 10.4. The highest BCUT2D eigenvalue weighted by molar-refractivity contribution is 4.30. The lowest BCUT2D eigenvalue weighted by Gasteiger charge is -2.24. The van der Waals surface area contributed by atoms with E-state index in [1.54, 1.807) is 0 Å². The van der Waals surface area contributed by atoms with Crippen LogP contribution < -0.4 is 5.06 Å². The minimum Gasteiger partial charge on any atom is -0.634 e. The molecule has 0 bridgehead atoms. The second-order valence-electron chi connectivity index (χ2n) is 1.97. The third-order valence-corrected chi connectivity index (χ3v) is 0.992. The minimum atomic E-state index is 0.227. The van der Waals surface area contributed by atoms with Crippen molar-refractivity contribution in [2.45, 2.75) is 26.8 Å². The number of hydrogen-bond acceptors (Lipinski definition) is 1. The molecule has 0 aliphatic carbocycles. The van der Waals surface area contributed by atoms with E-state index in [1.165, 1.54) is 0 Å². The van der Waals surface area contributed by atoms with Crippen molar-refractivity contribution in [1.82, 2.24) is 0 Å². The fourth-order valence-electron chi connectivity index (χ4n) is 0.408. The molecule has 1 atom stereocenters. The van der Waals surface area contributed by atoms with Crippen molar-refractivity contribution in [2.75, 3.05) is 6.54 Å². The van der Waals surface area contributed by atoms with Gasteiger partial charge >= 0.3 is 0 Å². The Balaban J connectivity index is 3.14. The summed E-state index contributed by atoms with van der Waals surface area (Å²) in [5.41, 5.74) is 0. The fourth-order valence-corrected chi connectivity index (χ4v) is 0.408. The first-order valence-electron chi connectivity index (χ1n) is 2.71. The molecule has 0 fully saturated rings. The van der Waals surface area contributed by atoms with Gasteiger partial charge in [-0.3, -0.25) is 0 Å². The molecule has 0 radical (unpaired) electrons. The summed E-state index contributed by atoms with van der Waals surface area (Å²) in [6.45, 7) is 6.41. The van der Waals surface area contributed by atoms with Gasteiger partial charge in [0.05, 0.1) is 12.6 Å². The molecule has 0 amide bonds. The van der Waals surface area contributed by atoms with Crippen LogP contribution in [-0.4, -0.2) is 12.6 Å². The zero-order valence-electron chi connectivity index (χ0n) is 5.19. The van der Waals surface area contributed by atoms with Crippen molar-refractivity contribution >= 4 is 0 Å². The van der Waals surface area contributed by atoms with Crippen LogP contribution in [0.5, 0.6) is 0 Å². The summed E-state index contributed by atoms with van der Waals surface area (Å²) in [6, 6.07) is 0.227. The number of hydroxylamine groups is 2. The molecule has 7 heavy (non-hydrogen) atoms. The van der Waals surface area contributed by atoms with Crippen molar-refractivity contribution in [3.8, 4) is 0 Å². The van der Waals surface area contributed by atoms with Crippen LogP contribution in [0, 0.1) is 5.21 Å². The van der Waals surface area contributed by atoms with Crippen molar-refractivity contribution in [2.24, 2.45) is 0 Å². The van der Waals surface area contributed by atoms with E-state index in [0.717, 1.165) is 0 Å². The van der Waals surface area contributed by atoms with E-state index in [1.807, 2.05) is 20.8 Å². The van der Waals surface area contributed by atoms with E-state index in [-0.39, 0.29) is 6.04 Å². The van der Waals surface area contributed by atoms with Crippen LogP contribution in [0.25, 0.3) is 0 Å². The maximum absolute atomic E-state index is 10.5. The molecule has 44 valence electrons. The number of nitrogens with one attached hydrogen (secondary N) is 1. The van der Waals surface area contributed by atoms with Gasteiger partial charge in [-0.25, -0.2) is 0 Å². The van der Waals surface area contributed by atoms with E-state index < -0.39 is 0 Å². The smallest absolute Gasteiger partial charge is 0.0814 e. The summed E-state index contributed by atoms with van der Waals surface area (Å²) in [6.07, 6.45) is 0. The molecule has 0 saturated carbocycles. The monoisotopic (exact) mass is 103 g/mol. The average molecular weight is 103 g/mol. The molecule has 1 unspecified atom stereocenters. The fraction of sp³-hybridized carbons (Fsp3) is 1.00. The van der Waals surface area contributed by atoms with Crippen LogP contribution >= 0.6 is 0 Å². The Labute approximate surface area is 44.7 Å². The third-order valence-electron chi connectivity index (χ3n) is 0.992. The predicted octanol–water partition coefficient (Wildman–Crippen LogP) is -0.203. The van der Waals surface area contributed by atoms with Gasteiger partial charge in [-0.05, 0) is 20.8 Å². The molecule has 0 aliphatic heterocycles. The summed E-state index contributed by atoms with van der Waals surface area (Å²) in [5, 5.41) is 10.9. The average Bonchev–Trinajstić information content (AvgIpc) is 1.65. The van der Waals surface area contributed by atoms with Gasteiger partial charge in [-0.15, -0.1) is 0 Å². The molecule has 2 heteroatoms. The maximum Gasteiger partial charge on any atom is 0.0814 e. The Morgan fingerprint density at radius 2 is 2.00 bits per heavy atom. The van der Waals surface area contributed by atoms with E-state index in [9.17, 15) is 5.21 Å². The lowest BCUT2D eigenvalue weighted by molar-refractivity contribution is -0.869. The third kappa shape index (κ3) is 2.60. The lowest BCUT2D eigenvalue weighted by Crippen LogP contribution is -3.10. The van der Waals surface area contributed by atoms with Crippen molar-refractivity contribution in [1.29, 1.82) is 0 Å². The number of quaternary nitrogens is 1. The first-order valence-corrected chi connectivity index (χ1v) is 2.71. The molecule has 0 saturated heterocycles. The zero-order chi connectivity index (χ0) is 5.86. The number of rotatable bonds is 2. The van der Waals surface area contributed by atoms with Gasteiger partial charge in [-0.1, -0.05) is 0 Å². The molecule has 0 aromatic carbocycles. The molecule has 0 aromatic rings. The summed E-state index contributed by atoms with van der Waals surface area (Å²) >= 11 is 0. The summed E-state index contributed by atoms with van der Waals surface area (Å²) in [4.78, 5) is 0. The molecule has 1 N–H and O–H groups in total. The van der Waals surface area contributed by atoms with Gasteiger partial charge in [0.25, 0.3) is 0 Å². The van der Waals surface area contributed by atoms with Crippen molar-refractivity contribution in [3.05, 3.63) is 5.21 Å². The first-order chi connectivity index (χ1) is 3.18. The summed E-state index contributed by atoms with van der Waals surface area (Å²) < 4.78 is 0. The molecule has 0 rings (SSSR count). The van der Waals surface area contributed by atoms with Gasteiger partial charge in [-0.2, -0.15) is 0 Å². The first kappa shape index (κ1) is 6.92. The standard InChI is InChI=1S/C5H13NO/c1-4-6(7)5(2)3/h5-6H,4H2,1-3H3. The zero-order valence-corrected chi connectivity index (χ0v) is 5.19. The molecule has 0 aromatic heterocycles. The van der Waals surface area contributed by atoms with Crippen molar-refractivity contribution in [3.63, 3.8) is 0 Å². The Bertz CT molecular complexity index is 45.3. The van der Waals surface area contributed by atoms with E-state index in [2.05, 4.69) is 0 Å². The highest BCUT2D eigenvalue weighted by Gasteiger charge is 1.95. The van der Waals surface area contributed by atoms with Gasteiger partial charge in [0.2, 0.25) is 0 Å². The normalized spacial score (nSPS) is 15.0.